The van der Waals surface area contributed by atoms with E-state index in [1.54, 1.807) is 12.1 Å². The zero-order valence-electron chi connectivity index (χ0n) is 15.6. The van der Waals surface area contributed by atoms with Crippen molar-refractivity contribution in [2.75, 3.05) is 26.2 Å². The number of rotatable bonds is 6. The summed E-state index contributed by atoms with van der Waals surface area (Å²) in [7, 11) is 0. The van der Waals surface area contributed by atoms with Crippen molar-refractivity contribution in [2.45, 2.75) is 44.6 Å². The standard InChI is InChI=1S/C20H28FN3O2.ClH/c21-17-8-5-15(6-9-17)7-10-19(25)24-12-2-3-16(14-24)13-23-20(26)18-4-1-11-22-18;/h5-6,8-9,16,18,22H,1-4,7,10-14H2,(H,23,26);1H. The van der Waals surface area contributed by atoms with Gasteiger partial charge >= 0.3 is 0 Å². The minimum absolute atomic E-state index is 0. The molecule has 2 heterocycles. The molecule has 5 nitrogen and oxygen atoms in total. The van der Waals surface area contributed by atoms with Crippen LogP contribution in [-0.2, 0) is 16.0 Å². The average Bonchev–Trinajstić information content (AvgIpc) is 3.20. The first kappa shape index (κ1) is 21.6. The zero-order valence-corrected chi connectivity index (χ0v) is 16.4. The summed E-state index contributed by atoms with van der Waals surface area (Å²) >= 11 is 0. The number of carbonyl (C=O) groups excluding carboxylic acids is 2. The molecule has 27 heavy (non-hydrogen) atoms. The first-order chi connectivity index (χ1) is 12.6. The molecule has 0 saturated carbocycles. The number of amides is 2. The van der Waals surface area contributed by atoms with Crippen LogP contribution in [0.1, 0.15) is 37.7 Å². The van der Waals surface area contributed by atoms with E-state index >= 15 is 0 Å². The number of halogens is 2. The average molecular weight is 398 g/mol. The summed E-state index contributed by atoms with van der Waals surface area (Å²) in [5, 5.41) is 6.25. The van der Waals surface area contributed by atoms with Crippen molar-refractivity contribution < 1.29 is 14.0 Å². The molecule has 1 aromatic rings. The summed E-state index contributed by atoms with van der Waals surface area (Å²) in [5.74, 6) is 0.294. The van der Waals surface area contributed by atoms with E-state index in [9.17, 15) is 14.0 Å². The normalized spacial score (nSPS) is 22.2. The molecule has 0 aromatic heterocycles. The molecule has 150 valence electrons. The van der Waals surface area contributed by atoms with E-state index < -0.39 is 0 Å². The Hall–Kier alpha value is -1.66. The van der Waals surface area contributed by atoms with Gasteiger partial charge in [-0.1, -0.05) is 12.1 Å². The molecule has 3 rings (SSSR count). The van der Waals surface area contributed by atoms with Crippen LogP contribution in [-0.4, -0.2) is 48.9 Å². The SMILES string of the molecule is Cl.O=C(NCC1CCCN(C(=O)CCc2ccc(F)cc2)C1)C1CCCN1. The van der Waals surface area contributed by atoms with Gasteiger partial charge in [-0.3, -0.25) is 9.59 Å². The van der Waals surface area contributed by atoms with Crippen LogP contribution in [0.4, 0.5) is 4.39 Å². The molecule has 0 bridgehead atoms. The number of benzene rings is 1. The van der Waals surface area contributed by atoms with Crippen LogP contribution < -0.4 is 10.6 Å². The monoisotopic (exact) mass is 397 g/mol. The second-order valence-corrected chi connectivity index (χ2v) is 7.37. The Morgan fingerprint density at radius 3 is 2.67 bits per heavy atom. The molecule has 7 heteroatoms. The predicted molar refractivity (Wildman–Crippen MR) is 105 cm³/mol. The van der Waals surface area contributed by atoms with E-state index in [-0.39, 0.29) is 36.1 Å². The van der Waals surface area contributed by atoms with E-state index in [1.165, 1.54) is 12.1 Å². The van der Waals surface area contributed by atoms with Crippen molar-refractivity contribution >= 4 is 24.2 Å². The van der Waals surface area contributed by atoms with Gasteiger partial charge in [-0.05, 0) is 62.3 Å². The van der Waals surface area contributed by atoms with Crippen LogP contribution >= 0.6 is 12.4 Å². The van der Waals surface area contributed by atoms with Crippen LogP contribution in [0.5, 0.6) is 0 Å². The largest absolute Gasteiger partial charge is 0.354 e. The molecule has 2 aliphatic heterocycles. The molecule has 0 radical (unpaired) electrons. The van der Waals surface area contributed by atoms with Gasteiger partial charge < -0.3 is 15.5 Å². The lowest BCUT2D eigenvalue weighted by atomic mass is 9.97. The highest BCUT2D eigenvalue weighted by Crippen LogP contribution is 2.18. The number of piperidine rings is 1. The van der Waals surface area contributed by atoms with Crippen molar-refractivity contribution in [2.24, 2.45) is 5.92 Å². The minimum Gasteiger partial charge on any atom is -0.354 e. The third-order valence-corrected chi connectivity index (χ3v) is 5.35. The quantitative estimate of drug-likeness (QED) is 0.774. The van der Waals surface area contributed by atoms with Gasteiger partial charge in [-0.15, -0.1) is 12.4 Å². The second-order valence-electron chi connectivity index (χ2n) is 7.37. The summed E-state index contributed by atoms with van der Waals surface area (Å²) in [4.78, 5) is 26.5. The van der Waals surface area contributed by atoms with E-state index in [0.717, 1.165) is 44.3 Å². The lowest BCUT2D eigenvalue weighted by molar-refractivity contribution is -0.132. The highest BCUT2D eigenvalue weighted by Gasteiger charge is 2.26. The fraction of sp³-hybridized carbons (Fsp3) is 0.600. The lowest BCUT2D eigenvalue weighted by Crippen LogP contribution is -2.46. The van der Waals surface area contributed by atoms with Crippen LogP contribution in [0.25, 0.3) is 0 Å². The molecule has 0 aliphatic carbocycles. The molecule has 2 N–H and O–H groups in total. The Balaban J connectivity index is 0.00000261. The van der Waals surface area contributed by atoms with Gasteiger partial charge in [0.25, 0.3) is 0 Å². The second kappa shape index (κ2) is 10.6. The predicted octanol–water partition coefficient (Wildman–Crippen LogP) is 2.29. The maximum Gasteiger partial charge on any atom is 0.237 e. The van der Waals surface area contributed by atoms with Crippen molar-refractivity contribution in [1.82, 2.24) is 15.5 Å². The number of likely N-dealkylation sites (tertiary alicyclic amines) is 1. The van der Waals surface area contributed by atoms with E-state index in [4.69, 9.17) is 0 Å². The van der Waals surface area contributed by atoms with Crippen LogP contribution in [0.3, 0.4) is 0 Å². The molecule has 1 aromatic carbocycles. The van der Waals surface area contributed by atoms with Crippen LogP contribution in [0, 0.1) is 11.7 Å². The number of nitrogens with one attached hydrogen (secondary N) is 2. The summed E-state index contributed by atoms with van der Waals surface area (Å²) in [6.07, 6.45) is 5.05. The van der Waals surface area contributed by atoms with Gasteiger partial charge in [-0.2, -0.15) is 0 Å². The van der Waals surface area contributed by atoms with Crippen LogP contribution in [0.15, 0.2) is 24.3 Å². The lowest BCUT2D eigenvalue weighted by Gasteiger charge is -2.33. The fourth-order valence-corrected chi connectivity index (χ4v) is 3.80. The van der Waals surface area contributed by atoms with E-state index in [0.29, 0.717) is 31.8 Å². The molecule has 2 unspecified atom stereocenters. The maximum absolute atomic E-state index is 12.9. The Morgan fingerprint density at radius 1 is 1.19 bits per heavy atom. The third kappa shape index (κ3) is 6.47. The summed E-state index contributed by atoms with van der Waals surface area (Å²) in [5.41, 5.74) is 0.977. The van der Waals surface area contributed by atoms with Gasteiger partial charge in [0.2, 0.25) is 11.8 Å². The van der Waals surface area contributed by atoms with E-state index in [1.807, 2.05) is 4.90 Å². The Bertz CT molecular complexity index is 620. The molecule has 0 spiro atoms. The molecular weight excluding hydrogens is 369 g/mol. The van der Waals surface area contributed by atoms with Gasteiger partial charge in [0.15, 0.2) is 0 Å². The number of hydrogen-bond acceptors (Lipinski definition) is 3. The Morgan fingerprint density at radius 2 is 1.96 bits per heavy atom. The fourth-order valence-electron chi connectivity index (χ4n) is 3.80. The number of nitrogens with zero attached hydrogens (tertiary/aromatic N) is 1. The molecule has 2 atom stereocenters. The first-order valence-electron chi connectivity index (χ1n) is 9.65. The molecule has 2 aliphatic rings. The summed E-state index contributed by atoms with van der Waals surface area (Å²) < 4.78 is 12.9. The van der Waals surface area contributed by atoms with Gasteiger partial charge in [0.05, 0.1) is 6.04 Å². The van der Waals surface area contributed by atoms with Gasteiger partial charge in [0.1, 0.15) is 5.82 Å². The number of aryl methyl sites for hydroxylation is 1. The topological polar surface area (TPSA) is 61.4 Å². The van der Waals surface area contributed by atoms with Gasteiger partial charge in [-0.25, -0.2) is 4.39 Å². The molecule has 2 amide bonds. The summed E-state index contributed by atoms with van der Waals surface area (Å²) in [6.45, 7) is 3.05. The molecule has 2 saturated heterocycles. The van der Waals surface area contributed by atoms with Crippen molar-refractivity contribution in [1.29, 1.82) is 0 Å². The van der Waals surface area contributed by atoms with Gasteiger partial charge in [0, 0.05) is 26.1 Å². The van der Waals surface area contributed by atoms with Crippen LogP contribution in [0.2, 0.25) is 0 Å². The van der Waals surface area contributed by atoms with E-state index in [2.05, 4.69) is 10.6 Å². The van der Waals surface area contributed by atoms with Crippen molar-refractivity contribution in [3.8, 4) is 0 Å². The van der Waals surface area contributed by atoms with Crippen molar-refractivity contribution in [3.63, 3.8) is 0 Å². The number of carbonyl (C=O) groups is 2. The zero-order chi connectivity index (χ0) is 18.4. The maximum atomic E-state index is 12.9. The Kier molecular flexibility index (Phi) is 8.51. The molecule has 2 fully saturated rings. The minimum atomic E-state index is -0.256. The first-order valence-corrected chi connectivity index (χ1v) is 9.65. The smallest absolute Gasteiger partial charge is 0.237 e. The number of hydrogen-bond donors (Lipinski definition) is 2. The van der Waals surface area contributed by atoms with Crippen molar-refractivity contribution in [3.05, 3.63) is 35.6 Å². The molecular formula is C20H29ClFN3O2. The highest BCUT2D eigenvalue weighted by atomic mass is 35.5. The highest BCUT2D eigenvalue weighted by molar-refractivity contribution is 5.85. The summed E-state index contributed by atoms with van der Waals surface area (Å²) in [6, 6.07) is 6.27. The Labute approximate surface area is 166 Å². The third-order valence-electron chi connectivity index (χ3n) is 5.35.